The van der Waals surface area contributed by atoms with Crippen LogP contribution < -0.4 is 10.6 Å². The van der Waals surface area contributed by atoms with Crippen LogP contribution in [-0.4, -0.2) is 26.2 Å². The van der Waals surface area contributed by atoms with Gasteiger partial charge in [0.2, 0.25) is 5.82 Å². The lowest BCUT2D eigenvalue weighted by Gasteiger charge is -2.09. The highest BCUT2D eigenvalue weighted by Crippen LogP contribution is 2.20. The third-order valence-electron chi connectivity index (χ3n) is 5.00. The highest BCUT2D eigenvalue weighted by molar-refractivity contribution is 6.06. The average Bonchev–Trinajstić information content (AvgIpc) is 3.16. The fourth-order valence-electron chi connectivity index (χ4n) is 3.20. The molecule has 4 aromatic rings. The van der Waals surface area contributed by atoms with Gasteiger partial charge in [0.05, 0.1) is 5.52 Å². The van der Waals surface area contributed by atoms with Gasteiger partial charge in [-0.3, -0.25) is 19.0 Å². The molecule has 0 aliphatic heterocycles. The quantitative estimate of drug-likeness (QED) is 0.537. The van der Waals surface area contributed by atoms with E-state index in [1.165, 1.54) is 0 Å². The van der Waals surface area contributed by atoms with Gasteiger partial charge in [-0.05, 0) is 54.8 Å². The molecule has 0 aliphatic rings. The van der Waals surface area contributed by atoms with Crippen molar-refractivity contribution in [2.75, 3.05) is 5.32 Å². The largest absolute Gasteiger partial charge is 0.346 e. The van der Waals surface area contributed by atoms with Crippen LogP contribution in [0.25, 0.3) is 5.52 Å². The van der Waals surface area contributed by atoms with Crippen LogP contribution in [0.3, 0.4) is 0 Å². The summed E-state index contributed by atoms with van der Waals surface area (Å²) in [6.45, 7) is 4.26. The van der Waals surface area contributed by atoms with Crippen LogP contribution >= 0.6 is 0 Å². The molecule has 150 valence electrons. The number of imidazole rings is 1. The molecule has 3 aromatic heterocycles. The van der Waals surface area contributed by atoms with Gasteiger partial charge in [-0.25, -0.2) is 4.98 Å². The zero-order chi connectivity index (χ0) is 21.1. The van der Waals surface area contributed by atoms with Gasteiger partial charge in [0.25, 0.3) is 11.8 Å². The molecule has 7 heteroatoms. The van der Waals surface area contributed by atoms with Crippen molar-refractivity contribution in [2.45, 2.75) is 20.4 Å². The lowest BCUT2D eigenvalue weighted by Crippen LogP contribution is -2.23. The van der Waals surface area contributed by atoms with Gasteiger partial charge < -0.3 is 10.6 Å². The SMILES string of the molecule is Cc1cccc(NC(=O)c2nc(C(=O)NCc3cccnc3)c3ccccn23)c1C. The number of rotatable bonds is 5. The number of carbonyl (C=O) groups excluding carboxylic acids is 2. The molecular formula is C23H21N5O2. The van der Waals surface area contributed by atoms with E-state index >= 15 is 0 Å². The third-order valence-corrected chi connectivity index (χ3v) is 5.00. The molecule has 0 bridgehead atoms. The van der Waals surface area contributed by atoms with Crippen molar-refractivity contribution in [1.29, 1.82) is 0 Å². The zero-order valence-electron chi connectivity index (χ0n) is 16.7. The number of amides is 2. The van der Waals surface area contributed by atoms with Crippen molar-refractivity contribution >= 4 is 23.0 Å². The maximum atomic E-state index is 13.0. The van der Waals surface area contributed by atoms with Gasteiger partial charge in [-0.1, -0.05) is 24.3 Å². The van der Waals surface area contributed by atoms with Crippen LogP contribution in [0.15, 0.2) is 67.1 Å². The monoisotopic (exact) mass is 399 g/mol. The summed E-state index contributed by atoms with van der Waals surface area (Å²) >= 11 is 0. The number of benzene rings is 1. The number of anilines is 1. The summed E-state index contributed by atoms with van der Waals surface area (Å²) in [5, 5.41) is 5.75. The maximum Gasteiger partial charge on any atom is 0.292 e. The number of aromatic nitrogens is 3. The third kappa shape index (κ3) is 3.77. The smallest absolute Gasteiger partial charge is 0.292 e. The van der Waals surface area contributed by atoms with Gasteiger partial charge in [0, 0.05) is 30.8 Å². The molecule has 7 nitrogen and oxygen atoms in total. The zero-order valence-corrected chi connectivity index (χ0v) is 16.7. The minimum atomic E-state index is -0.379. The van der Waals surface area contributed by atoms with E-state index in [9.17, 15) is 9.59 Å². The van der Waals surface area contributed by atoms with Crippen LogP contribution in [0.4, 0.5) is 5.69 Å². The second-order valence-electron chi connectivity index (χ2n) is 6.99. The lowest BCUT2D eigenvalue weighted by atomic mass is 10.1. The summed E-state index contributed by atoms with van der Waals surface area (Å²) in [6.07, 6.45) is 5.09. The van der Waals surface area contributed by atoms with Crippen molar-refractivity contribution in [3.63, 3.8) is 0 Å². The first-order valence-corrected chi connectivity index (χ1v) is 9.56. The predicted octanol–water partition coefficient (Wildman–Crippen LogP) is 3.53. The molecule has 0 unspecified atom stereocenters. The molecule has 0 saturated carbocycles. The van der Waals surface area contributed by atoms with Gasteiger partial charge in [0.15, 0.2) is 5.69 Å². The summed E-state index contributed by atoms with van der Waals surface area (Å²) in [6, 6.07) is 14.8. The molecule has 0 atom stereocenters. The lowest BCUT2D eigenvalue weighted by molar-refractivity contribution is 0.0948. The fourth-order valence-corrected chi connectivity index (χ4v) is 3.20. The maximum absolute atomic E-state index is 13.0. The number of pyridine rings is 2. The molecule has 0 spiro atoms. The average molecular weight is 399 g/mol. The molecule has 0 fully saturated rings. The minimum Gasteiger partial charge on any atom is -0.346 e. The molecule has 2 amide bonds. The van der Waals surface area contributed by atoms with Gasteiger partial charge >= 0.3 is 0 Å². The first-order chi connectivity index (χ1) is 14.5. The van der Waals surface area contributed by atoms with E-state index in [-0.39, 0.29) is 23.3 Å². The number of aryl methyl sites for hydroxylation is 1. The van der Waals surface area contributed by atoms with E-state index in [0.29, 0.717) is 12.1 Å². The van der Waals surface area contributed by atoms with E-state index in [4.69, 9.17) is 0 Å². The Bertz CT molecular complexity index is 1230. The second kappa shape index (κ2) is 8.16. The van der Waals surface area contributed by atoms with Gasteiger partial charge in [0.1, 0.15) is 0 Å². The molecule has 4 rings (SSSR count). The molecule has 1 aromatic carbocycles. The molecular weight excluding hydrogens is 378 g/mol. The molecule has 2 N–H and O–H groups in total. The topological polar surface area (TPSA) is 88.4 Å². The highest BCUT2D eigenvalue weighted by atomic mass is 16.2. The van der Waals surface area contributed by atoms with E-state index in [1.54, 1.807) is 41.2 Å². The van der Waals surface area contributed by atoms with Crippen molar-refractivity contribution in [3.8, 4) is 0 Å². The first kappa shape index (κ1) is 19.3. The van der Waals surface area contributed by atoms with Crippen molar-refractivity contribution in [3.05, 3.63) is 95.3 Å². The summed E-state index contributed by atoms with van der Waals surface area (Å²) in [7, 11) is 0. The molecule has 0 radical (unpaired) electrons. The standard InChI is InChI=1S/C23H21N5O2/c1-15-7-5-9-18(16(15)2)26-23(30)21-27-20(19-10-3-4-12-28(19)21)22(29)25-14-17-8-6-11-24-13-17/h3-13H,14H2,1-2H3,(H,25,29)(H,26,30). The van der Waals surface area contributed by atoms with E-state index < -0.39 is 0 Å². The Kier molecular flexibility index (Phi) is 5.26. The van der Waals surface area contributed by atoms with Gasteiger partial charge in [-0.2, -0.15) is 0 Å². The minimum absolute atomic E-state index is 0.151. The Morgan fingerprint density at radius 2 is 1.87 bits per heavy atom. The normalized spacial score (nSPS) is 10.7. The Morgan fingerprint density at radius 3 is 2.67 bits per heavy atom. The highest BCUT2D eigenvalue weighted by Gasteiger charge is 2.22. The van der Waals surface area contributed by atoms with E-state index in [0.717, 1.165) is 22.4 Å². The number of nitrogens with zero attached hydrogens (tertiary/aromatic N) is 3. The van der Waals surface area contributed by atoms with E-state index in [2.05, 4.69) is 20.6 Å². The Balaban J connectivity index is 1.62. The van der Waals surface area contributed by atoms with Crippen LogP contribution in [0, 0.1) is 13.8 Å². The predicted molar refractivity (Wildman–Crippen MR) is 114 cm³/mol. The first-order valence-electron chi connectivity index (χ1n) is 9.56. The van der Waals surface area contributed by atoms with Gasteiger partial charge in [-0.15, -0.1) is 0 Å². The molecule has 0 aliphatic carbocycles. The summed E-state index contributed by atoms with van der Waals surface area (Å²) in [5.41, 5.74) is 4.42. The summed E-state index contributed by atoms with van der Waals surface area (Å²) < 4.78 is 1.62. The molecule has 30 heavy (non-hydrogen) atoms. The Morgan fingerprint density at radius 1 is 1.00 bits per heavy atom. The number of carbonyl (C=O) groups is 2. The van der Waals surface area contributed by atoms with Crippen molar-refractivity contribution < 1.29 is 9.59 Å². The van der Waals surface area contributed by atoms with Crippen LogP contribution in [-0.2, 0) is 6.54 Å². The Hall–Kier alpha value is -4.00. The fraction of sp³-hybridized carbons (Fsp3) is 0.130. The van der Waals surface area contributed by atoms with Crippen molar-refractivity contribution in [1.82, 2.24) is 19.7 Å². The van der Waals surface area contributed by atoms with Crippen molar-refractivity contribution in [2.24, 2.45) is 0 Å². The summed E-state index contributed by atoms with van der Waals surface area (Å²) in [5.74, 6) is -0.581. The molecule has 0 saturated heterocycles. The molecule has 3 heterocycles. The van der Waals surface area contributed by atoms with E-state index in [1.807, 2.05) is 44.2 Å². The van der Waals surface area contributed by atoms with Crippen LogP contribution in [0.2, 0.25) is 0 Å². The Labute approximate surface area is 173 Å². The summed E-state index contributed by atoms with van der Waals surface area (Å²) in [4.78, 5) is 34.2. The number of fused-ring (bicyclic) bond motifs is 1. The van der Waals surface area contributed by atoms with Crippen LogP contribution in [0.5, 0.6) is 0 Å². The van der Waals surface area contributed by atoms with Crippen LogP contribution in [0.1, 0.15) is 37.8 Å². The number of hydrogen-bond acceptors (Lipinski definition) is 4. The number of hydrogen-bond donors (Lipinski definition) is 2. The number of nitrogens with one attached hydrogen (secondary N) is 2. The second-order valence-corrected chi connectivity index (χ2v) is 6.99.